The minimum Gasteiger partial charge on any atom is -0.395 e. The predicted octanol–water partition coefficient (Wildman–Crippen LogP) is -0.953. The van der Waals surface area contributed by atoms with Crippen LogP contribution in [0.1, 0.15) is 6.92 Å². The minimum atomic E-state index is 0.00319. The highest BCUT2D eigenvalue weighted by Gasteiger charge is 2.02. The molecule has 0 fully saturated rings. The number of likely N-dealkylation sites (N-methyl/N-ethyl adjacent to an activating group) is 2. The van der Waals surface area contributed by atoms with Gasteiger partial charge in [0.05, 0.1) is 13.2 Å². The van der Waals surface area contributed by atoms with Crippen LogP contribution in [0.2, 0.25) is 0 Å². The summed E-state index contributed by atoms with van der Waals surface area (Å²) in [7, 11) is 1.80. The topological polar surface area (TPSA) is 52.6 Å². The van der Waals surface area contributed by atoms with E-state index in [0.717, 1.165) is 0 Å². The molecule has 0 aromatic rings. The van der Waals surface area contributed by atoms with Crippen molar-refractivity contribution in [1.82, 2.24) is 10.2 Å². The smallest absolute Gasteiger partial charge is 0.234 e. The molecule has 0 aliphatic heterocycles. The average Bonchev–Trinajstić information content (AvgIpc) is 1.87. The zero-order valence-electron chi connectivity index (χ0n) is 7.13. The summed E-state index contributed by atoms with van der Waals surface area (Å²) in [5.74, 6) is 0.00319. The molecule has 0 rings (SSSR count). The van der Waals surface area contributed by atoms with Crippen molar-refractivity contribution >= 4 is 5.91 Å². The van der Waals surface area contributed by atoms with Crippen molar-refractivity contribution in [1.29, 1.82) is 0 Å². The van der Waals surface area contributed by atoms with E-state index in [1.165, 1.54) is 0 Å². The number of nitrogens with zero attached hydrogens (tertiary/aromatic N) is 1. The first kappa shape index (κ1) is 10.4. The van der Waals surface area contributed by atoms with Gasteiger partial charge < -0.3 is 10.4 Å². The van der Waals surface area contributed by atoms with Crippen LogP contribution in [-0.4, -0.2) is 49.2 Å². The molecule has 2 N–H and O–H groups in total. The standard InChI is InChI=1S/C7H16N2O2/c1-3-8-7(11)6-9(2)4-5-10/h10H,3-6H2,1-2H3,(H,8,11). The maximum Gasteiger partial charge on any atom is 0.234 e. The Morgan fingerprint density at radius 2 is 2.27 bits per heavy atom. The second-order valence-corrected chi connectivity index (χ2v) is 2.41. The number of nitrogens with one attached hydrogen (secondary N) is 1. The van der Waals surface area contributed by atoms with Crippen molar-refractivity contribution in [3.05, 3.63) is 0 Å². The van der Waals surface area contributed by atoms with Crippen molar-refractivity contribution in [2.45, 2.75) is 6.92 Å². The van der Waals surface area contributed by atoms with Gasteiger partial charge in [0.15, 0.2) is 0 Å². The number of hydrogen-bond acceptors (Lipinski definition) is 3. The molecule has 66 valence electrons. The van der Waals surface area contributed by atoms with Crippen LogP contribution in [0.15, 0.2) is 0 Å². The molecule has 0 unspecified atom stereocenters. The third kappa shape index (κ3) is 5.82. The number of hydrogen-bond donors (Lipinski definition) is 2. The lowest BCUT2D eigenvalue weighted by molar-refractivity contribution is -0.121. The van der Waals surface area contributed by atoms with Crippen molar-refractivity contribution in [3.8, 4) is 0 Å². The molecule has 0 saturated heterocycles. The maximum atomic E-state index is 10.9. The molecule has 1 amide bonds. The van der Waals surface area contributed by atoms with Gasteiger partial charge in [-0.3, -0.25) is 9.69 Å². The molecule has 0 aliphatic carbocycles. The molecular weight excluding hydrogens is 144 g/mol. The van der Waals surface area contributed by atoms with E-state index >= 15 is 0 Å². The van der Waals surface area contributed by atoms with E-state index in [9.17, 15) is 4.79 Å². The van der Waals surface area contributed by atoms with Gasteiger partial charge in [0, 0.05) is 13.1 Å². The highest BCUT2D eigenvalue weighted by molar-refractivity contribution is 5.77. The Morgan fingerprint density at radius 3 is 2.73 bits per heavy atom. The van der Waals surface area contributed by atoms with Crippen LogP contribution in [0.5, 0.6) is 0 Å². The first-order valence-corrected chi connectivity index (χ1v) is 3.76. The van der Waals surface area contributed by atoms with Crippen LogP contribution < -0.4 is 5.32 Å². The summed E-state index contributed by atoms with van der Waals surface area (Å²) in [6.45, 7) is 3.52. The third-order valence-corrected chi connectivity index (χ3v) is 1.27. The summed E-state index contributed by atoms with van der Waals surface area (Å²) in [4.78, 5) is 12.7. The quantitative estimate of drug-likeness (QED) is 0.545. The van der Waals surface area contributed by atoms with Gasteiger partial charge in [-0.2, -0.15) is 0 Å². The molecule has 0 heterocycles. The Kier molecular flexibility index (Phi) is 5.78. The molecule has 0 radical (unpaired) electrons. The van der Waals surface area contributed by atoms with E-state index in [2.05, 4.69) is 5.32 Å². The van der Waals surface area contributed by atoms with E-state index in [1.54, 1.807) is 11.9 Å². The normalized spacial score (nSPS) is 10.2. The zero-order chi connectivity index (χ0) is 8.69. The molecule has 0 bridgehead atoms. The Balaban J connectivity index is 3.40. The van der Waals surface area contributed by atoms with Crippen LogP contribution in [0, 0.1) is 0 Å². The summed E-state index contributed by atoms with van der Waals surface area (Å²) in [6, 6.07) is 0. The molecule has 0 aromatic heterocycles. The van der Waals surface area contributed by atoms with E-state index < -0.39 is 0 Å². The van der Waals surface area contributed by atoms with Crippen LogP contribution in [0.3, 0.4) is 0 Å². The molecule has 11 heavy (non-hydrogen) atoms. The van der Waals surface area contributed by atoms with Crippen molar-refractivity contribution in [2.24, 2.45) is 0 Å². The summed E-state index contributed by atoms with van der Waals surface area (Å²) >= 11 is 0. The number of carbonyl (C=O) groups is 1. The fourth-order valence-electron chi connectivity index (χ4n) is 0.748. The largest absolute Gasteiger partial charge is 0.395 e. The van der Waals surface area contributed by atoms with E-state index in [0.29, 0.717) is 19.6 Å². The van der Waals surface area contributed by atoms with Crippen LogP contribution in [0.4, 0.5) is 0 Å². The first-order chi connectivity index (χ1) is 5.20. The lowest BCUT2D eigenvalue weighted by Crippen LogP contribution is -2.36. The van der Waals surface area contributed by atoms with E-state index in [1.807, 2.05) is 6.92 Å². The molecule has 0 spiro atoms. The first-order valence-electron chi connectivity index (χ1n) is 3.76. The van der Waals surface area contributed by atoms with Crippen molar-refractivity contribution < 1.29 is 9.90 Å². The molecule has 0 saturated carbocycles. The van der Waals surface area contributed by atoms with Gasteiger partial charge in [-0.05, 0) is 14.0 Å². The summed E-state index contributed by atoms with van der Waals surface area (Å²) < 4.78 is 0. The molecule has 0 aromatic carbocycles. The van der Waals surface area contributed by atoms with Crippen LogP contribution >= 0.6 is 0 Å². The molecular formula is C7H16N2O2. The van der Waals surface area contributed by atoms with Crippen molar-refractivity contribution in [3.63, 3.8) is 0 Å². The Hall–Kier alpha value is -0.610. The third-order valence-electron chi connectivity index (χ3n) is 1.27. The summed E-state index contributed by atoms with van der Waals surface area (Å²) in [6.07, 6.45) is 0. The van der Waals surface area contributed by atoms with Gasteiger partial charge in [0.1, 0.15) is 0 Å². The average molecular weight is 160 g/mol. The summed E-state index contributed by atoms with van der Waals surface area (Å²) in [5.41, 5.74) is 0. The maximum absolute atomic E-state index is 10.9. The SMILES string of the molecule is CCNC(=O)CN(C)CCO. The highest BCUT2D eigenvalue weighted by Crippen LogP contribution is 1.79. The number of aliphatic hydroxyl groups is 1. The van der Waals surface area contributed by atoms with Crippen LogP contribution in [-0.2, 0) is 4.79 Å². The van der Waals surface area contributed by atoms with E-state index in [4.69, 9.17) is 5.11 Å². The fourth-order valence-corrected chi connectivity index (χ4v) is 0.748. The summed E-state index contributed by atoms with van der Waals surface area (Å²) in [5, 5.41) is 11.2. The van der Waals surface area contributed by atoms with Gasteiger partial charge in [0.25, 0.3) is 0 Å². The lowest BCUT2D eigenvalue weighted by Gasteiger charge is -2.13. The molecule has 0 atom stereocenters. The van der Waals surface area contributed by atoms with Gasteiger partial charge in [0.2, 0.25) is 5.91 Å². The zero-order valence-corrected chi connectivity index (χ0v) is 7.13. The number of rotatable bonds is 5. The van der Waals surface area contributed by atoms with E-state index in [-0.39, 0.29) is 12.5 Å². The lowest BCUT2D eigenvalue weighted by atomic mass is 10.5. The number of carbonyl (C=O) groups excluding carboxylic acids is 1. The molecule has 4 nitrogen and oxygen atoms in total. The van der Waals surface area contributed by atoms with Gasteiger partial charge in [-0.1, -0.05) is 0 Å². The van der Waals surface area contributed by atoms with Gasteiger partial charge >= 0.3 is 0 Å². The minimum absolute atomic E-state index is 0.00319. The molecule has 4 heteroatoms. The fraction of sp³-hybridized carbons (Fsp3) is 0.857. The van der Waals surface area contributed by atoms with Crippen molar-refractivity contribution in [2.75, 3.05) is 33.3 Å². The van der Waals surface area contributed by atoms with Gasteiger partial charge in [-0.25, -0.2) is 0 Å². The Bertz CT molecular complexity index is 117. The number of aliphatic hydroxyl groups excluding tert-OH is 1. The number of amides is 1. The van der Waals surface area contributed by atoms with Crippen LogP contribution in [0.25, 0.3) is 0 Å². The second-order valence-electron chi connectivity index (χ2n) is 2.41. The Morgan fingerprint density at radius 1 is 1.64 bits per heavy atom. The second kappa shape index (κ2) is 6.12. The monoisotopic (exact) mass is 160 g/mol. The van der Waals surface area contributed by atoms with Gasteiger partial charge in [-0.15, -0.1) is 0 Å². The predicted molar refractivity (Wildman–Crippen MR) is 43.3 cm³/mol. The highest BCUT2D eigenvalue weighted by atomic mass is 16.3. The molecule has 0 aliphatic rings. The Labute approximate surface area is 67.2 Å².